The van der Waals surface area contributed by atoms with Gasteiger partial charge in [0.1, 0.15) is 6.04 Å². The van der Waals surface area contributed by atoms with Crippen molar-refractivity contribution in [2.24, 2.45) is 5.73 Å². The second-order valence-electron chi connectivity index (χ2n) is 4.42. The first-order valence-electron chi connectivity index (χ1n) is 6.21. The quantitative estimate of drug-likeness (QED) is 0.708. The zero-order chi connectivity index (χ0) is 15.4. The number of nitrogens with zero attached hydrogens (tertiary/aromatic N) is 1. The van der Waals surface area contributed by atoms with Crippen molar-refractivity contribution in [3.63, 3.8) is 0 Å². The molecule has 1 fully saturated rings. The highest BCUT2D eigenvalue weighted by Gasteiger charge is 2.34. The van der Waals surface area contributed by atoms with Crippen LogP contribution < -0.4 is 11.1 Å². The Bertz CT molecular complexity index is 533. The minimum atomic E-state index is -1.17. The first-order valence-corrected chi connectivity index (χ1v) is 7.09. The van der Waals surface area contributed by atoms with Crippen LogP contribution in [0.1, 0.15) is 10.9 Å². The van der Waals surface area contributed by atoms with E-state index < -0.39 is 30.0 Å². The Labute approximate surface area is 124 Å². The number of carbonyl (C=O) groups excluding carboxylic acids is 2. The van der Waals surface area contributed by atoms with Crippen molar-refractivity contribution in [1.82, 2.24) is 10.2 Å². The Hall–Kier alpha value is -2.13. The highest BCUT2D eigenvalue weighted by molar-refractivity contribution is 7.10. The molecule has 0 radical (unpaired) electrons. The molecule has 1 aromatic rings. The molecule has 1 aromatic heterocycles. The van der Waals surface area contributed by atoms with Gasteiger partial charge in [-0.15, -0.1) is 11.3 Å². The third-order valence-corrected chi connectivity index (χ3v) is 4.00. The Morgan fingerprint density at radius 1 is 1.52 bits per heavy atom. The Kier molecular flexibility index (Phi) is 4.76. The van der Waals surface area contributed by atoms with Crippen molar-refractivity contribution in [2.75, 3.05) is 19.8 Å². The van der Waals surface area contributed by atoms with E-state index in [1.807, 2.05) is 0 Å². The van der Waals surface area contributed by atoms with Gasteiger partial charge in [-0.3, -0.25) is 4.79 Å². The lowest BCUT2D eigenvalue weighted by Gasteiger charge is -2.34. The molecular formula is C12H15N3O5S. The third kappa shape index (κ3) is 3.50. The van der Waals surface area contributed by atoms with Crippen molar-refractivity contribution in [2.45, 2.75) is 12.1 Å². The van der Waals surface area contributed by atoms with E-state index in [9.17, 15) is 19.5 Å². The van der Waals surface area contributed by atoms with Gasteiger partial charge in [0.25, 0.3) is 0 Å². The average molecular weight is 313 g/mol. The number of hydrogen-bond donors (Lipinski definition) is 3. The third-order valence-electron chi connectivity index (χ3n) is 3.06. The van der Waals surface area contributed by atoms with Crippen molar-refractivity contribution < 1.29 is 24.2 Å². The standard InChI is InChI=1S/C12H15N3O5S/c13-10(16)7-6-20-4-3-15(7)12(19)14-9(11(17)18)8-2-1-5-21-8/h1-2,5,7,9H,3-4,6H2,(H2,13,16)(H,14,19)(H,17,18). The lowest BCUT2D eigenvalue weighted by Crippen LogP contribution is -2.58. The van der Waals surface area contributed by atoms with Gasteiger partial charge in [0, 0.05) is 11.4 Å². The highest BCUT2D eigenvalue weighted by Crippen LogP contribution is 2.20. The lowest BCUT2D eigenvalue weighted by molar-refractivity contribution is -0.139. The molecule has 114 valence electrons. The minimum Gasteiger partial charge on any atom is -0.479 e. The van der Waals surface area contributed by atoms with Crippen LogP contribution >= 0.6 is 11.3 Å². The second-order valence-corrected chi connectivity index (χ2v) is 5.40. The molecule has 2 heterocycles. The molecule has 1 saturated heterocycles. The van der Waals surface area contributed by atoms with Gasteiger partial charge in [-0.1, -0.05) is 6.07 Å². The fraction of sp³-hybridized carbons (Fsp3) is 0.417. The zero-order valence-electron chi connectivity index (χ0n) is 11.0. The first kappa shape index (κ1) is 15.3. The maximum atomic E-state index is 12.2. The fourth-order valence-corrected chi connectivity index (χ4v) is 2.77. The zero-order valence-corrected chi connectivity index (χ0v) is 11.8. The number of thiophene rings is 1. The van der Waals surface area contributed by atoms with Gasteiger partial charge in [-0.2, -0.15) is 0 Å². The molecule has 0 aromatic carbocycles. The summed E-state index contributed by atoms with van der Waals surface area (Å²) in [6, 6.07) is 0.616. The second kappa shape index (κ2) is 6.55. The van der Waals surface area contributed by atoms with Gasteiger partial charge in [-0.05, 0) is 11.4 Å². The Morgan fingerprint density at radius 2 is 2.29 bits per heavy atom. The van der Waals surface area contributed by atoms with Crippen LogP contribution in [0.15, 0.2) is 17.5 Å². The Balaban J connectivity index is 2.11. The van der Waals surface area contributed by atoms with Gasteiger partial charge in [0.2, 0.25) is 5.91 Å². The maximum Gasteiger partial charge on any atom is 0.331 e. The molecule has 0 saturated carbocycles. The number of carboxylic acids is 1. The number of morpholine rings is 1. The summed E-state index contributed by atoms with van der Waals surface area (Å²) in [5.74, 6) is -1.86. The van der Waals surface area contributed by atoms with Crippen molar-refractivity contribution in [3.05, 3.63) is 22.4 Å². The molecule has 4 N–H and O–H groups in total. The summed E-state index contributed by atoms with van der Waals surface area (Å²) in [5.41, 5.74) is 5.23. The van der Waals surface area contributed by atoms with Crippen molar-refractivity contribution in [1.29, 1.82) is 0 Å². The smallest absolute Gasteiger partial charge is 0.331 e. The number of amides is 3. The van der Waals surface area contributed by atoms with E-state index >= 15 is 0 Å². The van der Waals surface area contributed by atoms with Crippen molar-refractivity contribution >= 4 is 29.2 Å². The van der Waals surface area contributed by atoms with Crippen LogP contribution in [0.5, 0.6) is 0 Å². The molecule has 3 amide bonds. The topological polar surface area (TPSA) is 122 Å². The molecule has 9 heteroatoms. The summed E-state index contributed by atoms with van der Waals surface area (Å²) in [7, 11) is 0. The lowest BCUT2D eigenvalue weighted by atomic mass is 10.2. The molecule has 1 aliphatic heterocycles. The maximum absolute atomic E-state index is 12.2. The van der Waals surface area contributed by atoms with E-state index in [1.165, 1.54) is 16.2 Å². The summed E-state index contributed by atoms with van der Waals surface area (Å²) in [6.07, 6.45) is 0. The summed E-state index contributed by atoms with van der Waals surface area (Å²) in [5, 5.41) is 13.4. The predicted octanol–water partition coefficient (Wildman–Crippen LogP) is -0.230. The number of primary amides is 1. The van der Waals surface area contributed by atoms with Gasteiger partial charge in [0.05, 0.1) is 13.2 Å². The van der Waals surface area contributed by atoms with Crippen LogP contribution in [0.4, 0.5) is 4.79 Å². The van der Waals surface area contributed by atoms with Crippen LogP contribution in [0, 0.1) is 0 Å². The van der Waals surface area contributed by atoms with E-state index in [0.717, 1.165) is 0 Å². The fourth-order valence-electron chi connectivity index (χ4n) is 2.00. The number of carbonyl (C=O) groups is 3. The van der Waals surface area contributed by atoms with E-state index in [0.29, 0.717) is 4.88 Å². The normalized spacial score (nSPS) is 19.8. The molecule has 0 bridgehead atoms. The number of carboxylic acid groups (broad SMARTS) is 1. The van der Waals surface area contributed by atoms with Gasteiger partial charge in [0.15, 0.2) is 6.04 Å². The van der Waals surface area contributed by atoms with Crippen LogP contribution in [-0.4, -0.2) is 53.7 Å². The Morgan fingerprint density at radius 3 is 2.86 bits per heavy atom. The van der Waals surface area contributed by atoms with Crippen LogP contribution in [0.25, 0.3) is 0 Å². The van der Waals surface area contributed by atoms with E-state index in [-0.39, 0.29) is 19.8 Å². The van der Waals surface area contributed by atoms with E-state index in [2.05, 4.69) is 5.32 Å². The summed E-state index contributed by atoms with van der Waals surface area (Å²) in [4.78, 5) is 36.5. The molecular weight excluding hydrogens is 298 g/mol. The summed E-state index contributed by atoms with van der Waals surface area (Å²) < 4.78 is 5.11. The number of ether oxygens (including phenoxy) is 1. The number of nitrogens with one attached hydrogen (secondary N) is 1. The van der Waals surface area contributed by atoms with Crippen LogP contribution in [0.3, 0.4) is 0 Å². The number of nitrogens with two attached hydrogens (primary N) is 1. The molecule has 1 aliphatic rings. The summed E-state index contributed by atoms with van der Waals surface area (Å²) in [6.45, 7) is 0.462. The SMILES string of the molecule is NC(=O)C1COCCN1C(=O)NC(C(=O)O)c1cccs1. The van der Waals surface area contributed by atoms with Gasteiger partial charge < -0.3 is 25.8 Å². The minimum absolute atomic E-state index is 0.0134. The molecule has 2 unspecified atom stereocenters. The van der Waals surface area contributed by atoms with Crippen LogP contribution in [-0.2, 0) is 14.3 Å². The number of rotatable bonds is 4. The summed E-state index contributed by atoms with van der Waals surface area (Å²) >= 11 is 1.22. The monoisotopic (exact) mass is 313 g/mol. The van der Waals surface area contributed by atoms with Gasteiger partial charge >= 0.3 is 12.0 Å². The first-order chi connectivity index (χ1) is 10.0. The predicted molar refractivity (Wildman–Crippen MR) is 73.7 cm³/mol. The molecule has 2 atom stereocenters. The molecule has 2 rings (SSSR count). The number of urea groups is 1. The van der Waals surface area contributed by atoms with Crippen LogP contribution in [0.2, 0.25) is 0 Å². The molecule has 21 heavy (non-hydrogen) atoms. The number of aliphatic carboxylic acids is 1. The van der Waals surface area contributed by atoms with E-state index in [4.69, 9.17) is 10.5 Å². The van der Waals surface area contributed by atoms with Gasteiger partial charge in [-0.25, -0.2) is 9.59 Å². The molecule has 0 spiro atoms. The average Bonchev–Trinajstić information content (AvgIpc) is 2.97. The number of hydrogen-bond acceptors (Lipinski definition) is 5. The molecule has 8 nitrogen and oxygen atoms in total. The van der Waals surface area contributed by atoms with Crippen molar-refractivity contribution in [3.8, 4) is 0 Å². The highest BCUT2D eigenvalue weighted by atomic mass is 32.1. The largest absolute Gasteiger partial charge is 0.479 e. The molecule has 0 aliphatic carbocycles. The van der Waals surface area contributed by atoms with E-state index in [1.54, 1.807) is 17.5 Å².